The largest absolute Gasteiger partial charge is 0.491 e. The molecule has 0 saturated carbocycles. The van der Waals surface area contributed by atoms with Crippen LogP contribution in [0.5, 0.6) is 5.75 Å². The van der Waals surface area contributed by atoms with E-state index in [0.717, 1.165) is 40.2 Å². The number of ether oxygens (including phenoxy) is 2. The van der Waals surface area contributed by atoms with Crippen LogP contribution in [0.15, 0.2) is 53.7 Å². The number of nitrogens with zero attached hydrogens (tertiary/aromatic N) is 1. The summed E-state index contributed by atoms with van der Waals surface area (Å²) in [5.74, 6) is 1.31. The second-order valence-electron chi connectivity index (χ2n) is 6.60. The zero-order valence-corrected chi connectivity index (χ0v) is 19.5. The number of aromatic nitrogens is 1. The summed E-state index contributed by atoms with van der Waals surface area (Å²) < 4.78 is 24.0. The monoisotopic (exact) mass is 526 g/mol. The summed E-state index contributed by atoms with van der Waals surface area (Å²) in [6.07, 6.45) is 2.73. The maximum atomic E-state index is 13.3. The van der Waals surface area contributed by atoms with Gasteiger partial charge in [-0.25, -0.2) is 4.39 Å². The molecular weight excluding hydrogens is 498 g/mol. The minimum absolute atomic E-state index is 0. The Balaban J connectivity index is 0.00000320. The number of fused-ring (bicyclic) bond motifs is 1. The van der Waals surface area contributed by atoms with Crippen LogP contribution >= 0.6 is 24.0 Å². The fourth-order valence-corrected chi connectivity index (χ4v) is 3.08. The Labute approximate surface area is 193 Å². The Morgan fingerprint density at radius 3 is 2.80 bits per heavy atom. The molecule has 0 unspecified atom stereocenters. The highest BCUT2D eigenvalue weighted by atomic mass is 127. The Morgan fingerprint density at radius 2 is 2.00 bits per heavy atom. The average Bonchev–Trinajstić information content (AvgIpc) is 3.13. The van der Waals surface area contributed by atoms with E-state index in [1.807, 2.05) is 36.5 Å². The lowest BCUT2D eigenvalue weighted by atomic mass is 10.1. The molecule has 1 heterocycles. The van der Waals surface area contributed by atoms with Gasteiger partial charge in [0, 0.05) is 44.3 Å². The minimum atomic E-state index is -0.234. The second-order valence-corrected chi connectivity index (χ2v) is 6.60. The Hall–Kier alpha value is -2.33. The van der Waals surface area contributed by atoms with Gasteiger partial charge in [-0.15, -0.1) is 24.0 Å². The zero-order chi connectivity index (χ0) is 20.5. The molecule has 0 fully saturated rings. The molecule has 30 heavy (non-hydrogen) atoms. The molecular formula is C22H28FIN4O2. The summed E-state index contributed by atoms with van der Waals surface area (Å²) in [5.41, 5.74) is 3.06. The highest BCUT2D eigenvalue weighted by Gasteiger charge is 2.05. The van der Waals surface area contributed by atoms with Gasteiger partial charge in [-0.3, -0.25) is 4.99 Å². The first-order valence-corrected chi connectivity index (χ1v) is 9.60. The van der Waals surface area contributed by atoms with Crippen LogP contribution in [0.1, 0.15) is 11.1 Å². The van der Waals surface area contributed by atoms with Gasteiger partial charge in [-0.05, 0) is 47.9 Å². The fraction of sp³-hybridized carbons (Fsp3) is 0.318. The van der Waals surface area contributed by atoms with Crippen molar-refractivity contribution in [3.8, 4) is 5.75 Å². The lowest BCUT2D eigenvalue weighted by Gasteiger charge is -2.13. The fourth-order valence-electron chi connectivity index (χ4n) is 3.08. The molecule has 8 heteroatoms. The molecule has 3 aromatic rings. The number of halogens is 2. The van der Waals surface area contributed by atoms with E-state index in [-0.39, 0.29) is 29.8 Å². The normalized spacial score (nSPS) is 11.2. The second kappa shape index (κ2) is 12.4. The Morgan fingerprint density at radius 1 is 1.13 bits per heavy atom. The predicted octanol–water partition coefficient (Wildman–Crippen LogP) is 3.86. The minimum Gasteiger partial charge on any atom is -0.491 e. The Bertz CT molecular complexity index is 961. The van der Waals surface area contributed by atoms with E-state index in [1.165, 1.54) is 12.1 Å². The molecule has 2 aromatic carbocycles. The predicted molar refractivity (Wildman–Crippen MR) is 129 cm³/mol. The maximum Gasteiger partial charge on any atom is 0.191 e. The van der Waals surface area contributed by atoms with Gasteiger partial charge in [0.2, 0.25) is 0 Å². The molecule has 0 saturated heterocycles. The van der Waals surface area contributed by atoms with Crippen molar-refractivity contribution in [2.45, 2.75) is 13.0 Å². The van der Waals surface area contributed by atoms with Crippen LogP contribution in [0.4, 0.5) is 4.39 Å². The maximum absolute atomic E-state index is 13.3. The SMILES string of the molecule is CN=C(NCCc1c[nH]c2cc(F)ccc12)NCc1cccc(OCCOC)c1.I. The molecule has 162 valence electrons. The van der Waals surface area contributed by atoms with Gasteiger partial charge in [0.05, 0.1) is 6.61 Å². The number of guanidine groups is 1. The van der Waals surface area contributed by atoms with Crippen molar-refractivity contribution < 1.29 is 13.9 Å². The van der Waals surface area contributed by atoms with E-state index in [4.69, 9.17) is 9.47 Å². The van der Waals surface area contributed by atoms with Crippen molar-refractivity contribution in [2.24, 2.45) is 4.99 Å². The third-order valence-electron chi connectivity index (χ3n) is 4.55. The molecule has 0 atom stereocenters. The van der Waals surface area contributed by atoms with E-state index < -0.39 is 0 Å². The average molecular weight is 526 g/mol. The molecule has 0 aliphatic rings. The number of hydrogen-bond donors (Lipinski definition) is 3. The summed E-state index contributed by atoms with van der Waals surface area (Å²) >= 11 is 0. The topological polar surface area (TPSA) is 70.7 Å². The zero-order valence-electron chi connectivity index (χ0n) is 17.2. The van der Waals surface area contributed by atoms with E-state index in [2.05, 4.69) is 20.6 Å². The van der Waals surface area contributed by atoms with Crippen molar-refractivity contribution in [3.05, 3.63) is 65.6 Å². The van der Waals surface area contributed by atoms with E-state index in [1.54, 1.807) is 14.2 Å². The summed E-state index contributed by atoms with van der Waals surface area (Å²) in [5, 5.41) is 7.66. The summed E-state index contributed by atoms with van der Waals surface area (Å²) in [4.78, 5) is 7.39. The highest BCUT2D eigenvalue weighted by Crippen LogP contribution is 2.19. The molecule has 0 radical (unpaired) electrons. The number of aliphatic imine (C=N–C) groups is 1. The number of rotatable bonds is 9. The molecule has 3 N–H and O–H groups in total. The summed E-state index contributed by atoms with van der Waals surface area (Å²) in [6, 6.07) is 12.7. The van der Waals surface area contributed by atoms with Gasteiger partial charge in [0.1, 0.15) is 18.2 Å². The van der Waals surface area contributed by atoms with Gasteiger partial charge in [-0.1, -0.05) is 12.1 Å². The van der Waals surface area contributed by atoms with Crippen LogP contribution in [0, 0.1) is 5.82 Å². The van der Waals surface area contributed by atoms with Gasteiger partial charge in [-0.2, -0.15) is 0 Å². The van der Waals surface area contributed by atoms with E-state index >= 15 is 0 Å². The van der Waals surface area contributed by atoms with Crippen LogP contribution in [0.3, 0.4) is 0 Å². The smallest absolute Gasteiger partial charge is 0.191 e. The number of hydrogen-bond acceptors (Lipinski definition) is 3. The van der Waals surface area contributed by atoms with Crippen molar-refractivity contribution in [2.75, 3.05) is 33.9 Å². The highest BCUT2D eigenvalue weighted by molar-refractivity contribution is 14.0. The van der Waals surface area contributed by atoms with Crippen LogP contribution in [0.2, 0.25) is 0 Å². The lowest BCUT2D eigenvalue weighted by molar-refractivity contribution is 0.146. The van der Waals surface area contributed by atoms with Gasteiger partial charge in [0.15, 0.2) is 5.96 Å². The van der Waals surface area contributed by atoms with Crippen molar-refractivity contribution >= 4 is 40.8 Å². The molecule has 1 aromatic heterocycles. The number of H-pyrrole nitrogens is 1. The molecule has 6 nitrogen and oxygen atoms in total. The third kappa shape index (κ3) is 6.88. The lowest BCUT2D eigenvalue weighted by Crippen LogP contribution is -2.37. The van der Waals surface area contributed by atoms with Crippen molar-refractivity contribution in [1.82, 2.24) is 15.6 Å². The number of benzene rings is 2. The molecule has 0 aliphatic heterocycles. The first-order valence-electron chi connectivity index (χ1n) is 9.60. The molecule has 0 amide bonds. The standard InChI is InChI=1S/C22H27FN4O2.HI/c1-24-22(27-14-16-4-3-5-19(12-16)29-11-10-28-2)25-9-8-17-15-26-21-13-18(23)6-7-20(17)21;/h3-7,12-13,15,26H,8-11,14H2,1-2H3,(H2,24,25,27);1H. The Kier molecular flexibility index (Phi) is 9.88. The summed E-state index contributed by atoms with van der Waals surface area (Å²) in [7, 11) is 3.40. The first kappa shape index (κ1) is 23.9. The summed E-state index contributed by atoms with van der Waals surface area (Å²) in [6.45, 7) is 2.43. The van der Waals surface area contributed by atoms with Gasteiger partial charge >= 0.3 is 0 Å². The number of nitrogens with one attached hydrogen (secondary N) is 3. The number of methoxy groups -OCH3 is 1. The van der Waals surface area contributed by atoms with E-state index in [0.29, 0.717) is 26.3 Å². The quantitative estimate of drug-likeness (QED) is 0.172. The third-order valence-corrected chi connectivity index (χ3v) is 4.55. The van der Waals surface area contributed by atoms with Crippen molar-refractivity contribution in [1.29, 1.82) is 0 Å². The van der Waals surface area contributed by atoms with Crippen LogP contribution < -0.4 is 15.4 Å². The molecule has 0 bridgehead atoms. The van der Waals surface area contributed by atoms with Crippen molar-refractivity contribution in [3.63, 3.8) is 0 Å². The first-order chi connectivity index (χ1) is 14.2. The van der Waals surface area contributed by atoms with Crippen LogP contribution in [0.25, 0.3) is 10.9 Å². The van der Waals surface area contributed by atoms with Gasteiger partial charge in [0.25, 0.3) is 0 Å². The molecule has 0 aliphatic carbocycles. The van der Waals surface area contributed by atoms with Crippen LogP contribution in [-0.2, 0) is 17.7 Å². The number of aromatic amines is 1. The van der Waals surface area contributed by atoms with Gasteiger partial charge < -0.3 is 25.1 Å². The van der Waals surface area contributed by atoms with Crippen LogP contribution in [-0.4, -0.2) is 44.9 Å². The molecule has 0 spiro atoms. The molecule has 3 rings (SSSR count). The van der Waals surface area contributed by atoms with E-state index in [9.17, 15) is 4.39 Å².